The third-order valence-electron chi connectivity index (χ3n) is 2.04. The first-order valence-electron chi connectivity index (χ1n) is 4.92. The second-order valence-corrected chi connectivity index (χ2v) is 3.27. The lowest BCUT2D eigenvalue weighted by molar-refractivity contribution is -0.137. The molecule has 0 amide bonds. The van der Waals surface area contributed by atoms with Gasteiger partial charge in [0, 0.05) is 19.0 Å². The van der Waals surface area contributed by atoms with E-state index in [1.54, 1.807) is 0 Å². The Balaban J connectivity index is 2.51. The number of ether oxygens (including phenoxy) is 1. The highest BCUT2D eigenvalue weighted by molar-refractivity contribution is 5.66. The maximum atomic E-state index is 12.9. The predicted molar refractivity (Wildman–Crippen MR) is 58.3 cm³/mol. The number of nitrogens with one attached hydrogen (secondary N) is 1. The van der Waals surface area contributed by atoms with Crippen LogP contribution in [0, 0.1) is 5.82 Å². The monoisotopic (exact) mass is 227 g/mol. The summed E-state index contributed by atoms with van der Waals surface area (Å²) in [5.74, 6) is -0.661. The number of carbonyl (C=O) groups is 1. The summed E-state index contributed by atoms with van der Waals surface area (Å²) in [7, 11) is 1.50. The third kappa shape index (κ3) is 3.76. The van der Waals surface area contributed by atoms with Crippen LogP contribution in [0.3, 0.4) is 0 Å². The number of hydrogen-bond acceptors (Lipinski definition) is 3. The van der Waals surface area contributed by atoms with Crippen LogP contribution in [0.4, 0.5) is 10.1 Å². The normalized spacial score (nSPS) is 9.88. The lowest BCUT2D eigenvalue weighted by atomic mass is 10.2. The summed E-state index contributed by atoms with van der Waals surface area (Å²) in [5, 5.41) is 11.4. The van der Waals surface area contributed by atoms with Crippen LogP contribution >= 0.6 is 0 Å². The minimum Gasteiger partial charge on any atom is -0.495 e. The Morgan fingerprint density at radius 3 is 2.94 bits per heavy atom. The molecule has 0 unspecified atom stereocenters. The average Bonchev–Trinajstić information content (AvgIpc) is 2.24. The molecule has 0 spiro atoms. The molecule has 1 rings (SSSR count). The zero-order valence-corrected chi connectivity index (χ0v) is 9.00. The van der Waals surface area contributed by atoms with Gasteiger partial charge in [-0.3, -0.25) is 4.79 Å². The lowest BCUT2D eigenvalue weighted by Gasteiger charge is -2.10. The van der Waals surface area contributed by atoms with Crippen LogP contribution in [-0.2, 0) is 4.79 Å². The van der Waals surface area contributed by atoms with Crippen molar-refractivity contribution < 1.29 is 19.0 Å². The molecule has 0 atom stereocenters. The van der Waals surface area contributed by atoms with Gasteiger partial charge < -0.3 is 15.2 Å². The summed E-state index contributed by atoms with van der Waals surface area (Å²) in [4.78, 5) is 10.3. The molecule has 16 heavy (non-hydrogen) atoms. The molecule has 5 heteroatoms. The van der Waals surface area contributed by atoms with E-state index >= 15 is 0 Å². The van der Waals surface area contributed by atoms with E-state index in [2.05, 4.69) is 5.32 Å². The second kappa shape index (κ2) is 5.95. The molecule has 0 aliphatic rings. The quantitative estimate of drug-likeness (QED) is 0.731. The van der Waals surface area contributed by atoms with Gasteiger partial charge in [0.2, 0.25) is 0 Å². The van der Waals surface area contributed by atoms with Gasteiger partial charge in [0.05, 0.1) is 12.8 Å². The zero-order valence-electron chi connectivity index (χ0n) is 9.00. The highest BCUT2D eigenvalue weighted by Gasteiger charge is 2.04. The average molecular weight is 227 g/mol. The van der Waals surface area contributed by atoms with Crippen molar-refractivity contribution in [2.45, 2.75) is 12.8 Å². The van der Waals surface area contributed by atoms with Crippen LogP contribution in [0.2, 0.25) is 0 Å². The van der Waals surface area contributed by atoms with E-state index in [4.69, 9.17) is 9.84 Å². The molecule has 88 valence electrons. The Bertz CT molecular complexity index is 368. The molecule has 0 saturated heterocycles. The highest BCUT2D eigenvalue weighted by Crippen LogP contribution is 2.24. The predicted octanol–water partition coefficient (Wildman–Crippen LogP) is 2.11. The molecule has 1 aromatic rings. The summed E-state index contributed by atoms with van der Waals surface area (Å²) >= 11 is 0. The molecule has 4 nitrogen and oxygen atoms in total. The van der Waals surface area contributed by atoms with Crippen LogP contribution < -0.4 is 10.1 Å². The number of methoxy groups -OCH3 is 1. The van der Waals surface area contributed by atoms with E-state index < -0.39 is 5.97 Å². The fourth-order valence-electron chi connectivity index (χ4n) is 1.28. The summed E-state index contributed by atoms with van der Waals surface area (Å²) < 4.78 is 18.0. The SMILES string of the molecule is COc1ccc(F)cc1NCCCC(=O)O. The lowest BCUT2D eigenvalue weighted by Crippen LogP contribution is -2.06. The first kappa shape index (κ1) is 12.3. The van der Waals surface area contributed by atoms with E-state index in [9.17, 15) is 9.18 Å². The fourth-order valence-corrected chi connectivity index (χ4v) is 1.28. The molecule has 2 N–H and O–H groups in total. The topological polar surface area (TPSA) is 58.6 Å². The minimum atomic E-state index is -0.840. The molecule has 0 saturated carbocycles. The fraction of sp³-hybridized carbons (Fsp3) is 0.364. The maximum absolute atomic E-state index is 12.9. The number of benzene rings is 1. The molecule has 0 heterocycles. The molecule has 0 fully saturated rings. The minimum absolute atomic E-state index is 0.0879. The van der Waals surface area contributed by atoms with Crippen LogP contribution in [0.1, 0.15) is 12.8 Å². The number of halogens is 1. The summed E-state index contributed by atoms with van der Waals surface area (Å²) in [5.41, 5.74) is 0.535. The van der Waals surface area contributed by atoms with E-state index in [1.807, 2.05) is 0 Å². The molecule has 0 aliphatic heterocycles. The molecule has 0 aromatic heterocycles. The number of anilines is 1. The van der Waals surface area contributed by atoms with Crippen molar-refractivity contribution in [3.63, 3.8) is 0 Å². The molecule has 1 aromatic carbocycles. The highest BCUT2D eigenvalue weighted by atomic mass is 19.1. The van der Waals surface area contributed by atoms with E-state index in [-0.39, 0.29) is 12.2 Å². The maximum Gasteiger partial charge on any atom is 0.303 e. The van der Waals surface area contributed by atoms with Crippen LogP contribution in [-0.4, -0.2) is 24.7 Å². The van der Waals surface area contributed by atoms with Gasteiger partial charge in [-0.15, -0.1) is 0 Å². The van der Waals surface area contributed by atoms with Crippen LogP contribution in [0.25, 0.3) is 0 Å². The van der Waals surface area contributed by atoms with Gasteiger partial charge in [0.25, 0.3) is 0 Å². The number of rotatable bonds is 6. The molecule has 0 bridgehead atoms. The van der Waals surface area contributed by atoms with E-state index in [0.29, 0.717) is 24.4 Å². The Labute approximate surface area is 93.0 Å². The second-order valence-electron chi connectivity index (χ2n) is 3.27. The van der Waals surface area contributed by atoms with Gasteiger partial charge in [-0.25, -0.2) is 4.39 Å². The van der Waals surface area contributed by atoms with Gasteiger partial charge in [0.1, 0.15) is 11.6 Å². The standard InChI is InChI=1S/C11H14FNO3/c1-16-10-5-4-8(12)7-9(10)13-6-2-3-11(14)15/h4-5,7,13H,2-3,6H2,1H3,(H,14,15). The van der Waals surface area contributed by atoms with Crippen molar-refractivity contribution in [3.8, 4) is 5.75 Å². The number of carboxylic acids is 1. The van der Waals surface area contributed by atoms with Gasteiger partial charge in [0.15, 0.2) is 0 Å². The van der Waals surface area contributed by atoms with Crippen molar-refractivity contribution in [1.82, 2.24) is 0 Å². The summed E-state index contributed by atoms with van der Waals surface area (Å²) in [6, 6.07) is 4.15. The van der Waals surface area contributed by atoms with Crippen molar-refractivity contribution in [2.24, 2.45) is 0 Å². The van der Waals surface area contributed by atoms with Crippen LogP contribution in [0.5, 0.6) is 5.75 Å². The Morgan fingerprint density at radius 2 is 2.31 bits per heavy atom. The first-order valence-corrected chi connectivity index (χ1v) is 4.92. The molecular weight excluding hydrogens is 213 g/mol. The van der Waals surface area contributed by atoms with Gasteiger partial charge in [-0.05, 0) is 18.6 Å². The van der Waals surface area contributed by atoms with Crippen LogP contribution in [0.15, 0.2) is 18.2 Å². The summed E-state index contributed by atoms with van der Waals surface area (Å²) in [6.07, 6.45) is 0.569. The molecule has 0 radical (unpaired) electrons. The van der Waals surface area contributed by atoms with Gasteiger partial charge in [-0.1, -0.05) is 0 Å². The van der Waals surface area contributed by atoms with E-state index in [1.165, 1.54) is 25.3 Å². The first-order chi connectivity index (χ1) is 7.63. The van der Waals surface area contributed by atoms with Gasteiger partial charge in [-0.2, -0.15) is 0 Å². The Hall–Kier alpha value is -1.78. The zero-order chi connectivity index (χ0) is 12.0. The van der Waals surface area contributed by atoms with Crippen molar-refractivity contribution in [2.75, 3.05) is 19.0 Å². The van der Waals surface area contributed by atoms with Crippen molar-refractivity contribution >= 4 is 11.7 Å². The van der Waals surface area contributed by atoms with E-state index in [0.717, 1.165) is 0 Å². The Morgan fingerprint density at radius 1 is 1.56 bits per heavy atom. The third-order valence-corrected chi connectivity index (χ3v) is 2.04. The molecular formula is C11H14FNO3. The number of carboxylic acid groups (broad SMARTS) is 1. The van der Waals surface area contributed by atoms with Crippen molar-refractivity contribution in [1.29, 1.82) is 0 Å². The van der Waals surface area contributed by atoms with Gasteiger partial charge >= 0.3 is 5.97 Å². The Kier molecular flexibility index (Phi) is 4.57. The van der Waals surface area contributed by atoms with Crippen molar-refractivity contribution in [3.05, 3.63) is 24.0 Å². The summed E-state index contributed by atoms with van der Waals surface area (Å²) in [6.45, 7) is 0.464. The largest absolute Gasteiger partial charge is 0.495 e. The molecule has 0 aliphatic carbocycles. The number of hydrogen-bond donors (Lipinski definition) is 2. The number of aliphatic carboxylic acids is 1. The smallest absolute Gasteiger partial charge is 0.303 e.